The number of aldehydes is 1. The number of ether oxygens (including phenoxy) is 1. The minimum absolute atomic E-state index is 0.297. The molecule has 0 fully saturated rings. The lowest BCUT2D eigenvalue weighted by Crippen LogP contribution is -2.01. The summed E-state index contributed by atoms with van der Waals surface area (Å²) >= 11 is 0. The summed E-state index contributed by atoms with van der Waals surface area (Å²) in [4.78, 5) is 10.4. The van der Waals surface area contributed by atoms with Crippen molar-refractivity contribution in [1.82, 2.24) is 9.78 Å². The van der Waals surface area contributed by atoms with Crippen molar-refractivity contribution in [1.29, 1.82) is 0 Å². The molecule has 6 heteroatoms. The van der Waals surface area contributed by atoms with Crippen LogP contribution in [0.4, 0.5) is 8.78 Å². The van der Waals surface area contributed by atoms with Crippen molar-refractivity contribution in [3.8, 4) is 0 Å². The number of benzene rings is 1. The summed E-state index contributed by atoms with van der Waals surface area (Å²) < 4.78 is 31.6. The van der Waals surface area contributed by atoms with Crippen LogP contribution in [0.2, 0.25) is 0 Å². The molecule has 0 saturated heterocycles. The number of hydrogen-bond donors (Lipinski definition) is 0. The molecule has 1 aromatic carbocycles. The topological polar surface area (TPSA) is 44.1 Å². The zero-order chi connectivity index (χ0) is 15.0. The standard InChI is InChI=1S/C11H8F2N2O.C3H8O/c12-10-2-1-8(5-11(10)13)6-15-4-3-9(7-16)14-15;1-3-4-2/h1-5,7H,6H2;3H2,1-2H3. The van der Waals surface area contributed by atoms with Crippen molar-refractivity contribution < 1.29 is 18.3 Å². The molecule has 1 aromatic heterocycles. The van der Waals surface area contributed by atoms with E-state index in [1.165, 1.54) is 10.7 Å². The van der Waals surface area contributed by atoms with Crippen molar-refractivity contribution in [2.75, 3.05) is 13.7 Å². The van der Waals surface area contributed by atoms with Crippen LogP contribution in [0.15, 0.2) is 30.5 Å². The number of halogens is 2. The lowest BCUT2D eigenvalue weighted by atomic mass is 10.2. The summed E-state index contributed by atoms with van der Waals surface area (Å²) in [6, 6.07) is 5.19. The number of carbonyl (C=O) groups is 1. The van der Waals surface area contributed by atoms with Crippen molar-refractivity contribution in [2.24, 2.45) is 0 Å². The fraction of sp³-hybridized carbons (Fsp3) is 0.286. The van der Waals surface area contributed by atoms with Gasteiger partial charge in [0.15, 0.2) is 17.9 Å². The molecular weight excluding hydrogens is 266 g/mol. The van der Waals surface area contributed by atoms with Crippen molar-refractivity contribution in [3.05, 3.63) is 53.4 Å². The van der Waals surface area contributed by atoms with Crippen LogP contribution in [0.1, 0.15) is 23.0 Å². The van der Waals surface area contributed by atoms with E-state index in [0.29, 0.717) is 24.1 Å². The fourth-order valence-electron chi connectivity index (χ4n) is 1.35. The Balaban J connectivity index is 0.000000444. The highest BCUT2D eigenvalue weighted by Crippen LogP contribution is 2.09. The van der Waals surface area contributed by atoms with Crippen molar-refractivity contribution in [2.45, 2.75) is 13.5 Å². The first kappa shape index (κ1) is 16.0. The first-order valence-electron chi connectivity index (χ1n) is 6.02. The molecule has 20 heavy (non-hydrogen) atoms. The number of aromatic nitrogens is 2. The average molecular weight is 282 g/mol. The van der Waals surface area contributed by atoms with Crippen LogP contribution in [-0.2, 0) is 11.3 Å². The Labute approximate surface area is 116 Å². The van der Waals surface area contributed by atoms with Crippen LogP contribution in [0.3, 0.4) is 0 Å². The third-order valence-corrected chi connectivity index (χ3v) is 2.40. The number of hydrogen-bond acceptors (Lipinski definition) is 3. The highest BCUT2D eigenvalue weighted by Gasteiger charge is 2.04. The van der Waals surface area contributed by atoms with Crippen molar-refractivity contribution >= 4 is 6.29 Å². The molecule has 4 nitrogen and oxygen atoms in total. The van der Waals surface area contributed by atoms with E-state index >= 15 is 0 Å². The largest absolute Gasteiger partial charge is 0.385 e. The van der Waals surface area contributed by atoms with E-state index in [1.807, 2.05) is 6.92 Å². The summed E-state index contributed by atoms with van der Waals surface area (Å²) in [5.41, 5.74) is 0.891. The molecule has 2 rings (SSSR count). The second-order valence-electron chi connectivity index (χ2n) is 3.88. The molecule has 2 aromatic rings. The van der Waals surface area contributed by atoms with Gasteiger partial charge in [0.2, 0.25) is 0 Å². The normalized spacial score (nSPS) is 9.80. The van der Waals surface area contributed by atoms with Gasteiger partial charge in [0, 0.05) is 19.9 Å². The van der Waals surface area contributed by atoms with E-state index in [4.69, 9.17) is 0 Å². The Morgan fingerprint density at radius 1 is 1.30 bits per heavy atom. The third kappa shape index (κ3) is 4.89. The minimum Gasteiger partial charge on any atom is -0.385 e. The van der Waals surface area contributed by atoms with Crippen LogP contribution in [0.25, 0.3) is 0 Å². The van der Waals surface area contributed by atoms with E-state index in [0.717, 1.165) is 18.7 Å². The first-order chi connectivity index (χ1) is 9.60. The average Bonchev–Trinajstić information content (AvgIpc) is 2.91. The molecule has 0 amide bonds. The highest BCUT2D eigenvalue weighted by atomic mass is 19.2. The van der Waals surface area contributed by atoms with Gasteiger partial charge in [-0.05, 0) is 30.7 Å². The second kappa shape index (κ2) is 8.16. The molecule has 0 saturated carbocycles. The molecule has 0 radical (unpaired) electrons. The van der Waals surface area contributed by atoms with Crippen LogP contribution in [0.5, 0.6) is 0 Å². The molecule has 0 atom stereocenters. The summed E-state index contributed by atoms with van der Waals surface area (Å²) in [7, 11) is 1.68. The molecule has 108 valence electrons. The van der Waals surface area contributed by atoms with E-state index < -0.39 is 11.6 Å². The molecule has 0 N–H and O–H groups in total. The van der Waals surface area contributed by atoms with Gasteiger partial charge in [-0.25, -0.2) is 8.78 Å². The molecule has 0 aliphatic heterocycles. The maximum Gasteiger partial charge on any atom is 0.170 e. The van der Waals surface area contributed by atoms with Crippen LogP contribution in [0, 0.1) is 11.6 Å². The zero-order valence-corrected chi connectivity index (χ0v) is 11.3. The molecule has 0 aliphatic rings. The third-order valence-electron chi connectivity index (χ3n) is 2.40. The smallest absolute Gasteiger partial charge is 0.170 e. The number of carbonyl (C=O) groups excluding carboxylic acids is 1. The Morgan fingerprint density at radius 3 is 2.50 bits per heavy atom. The summed E-state index contributed by atoms with van der Waals surface area (Å²) in [6.07, 6.45) is 2.23. The van der Waals surface area contributed by atoms with Crippen LogP contribution in [-0.4, -0.2) is 29.8 Å². The van der Waals surface area contributed by atoms with Crippen LogP contribution >= 0.6 is 0 Å². The van der Waals surface area contributed by atoms with Gasteiger partial charge in [-0.15, -0.1) is 0 Å². The number of nitrogens with zero attached hydrogens (tertiary/aromatic N) is 2. The predicted octanol–water partition coefficient (Wildman–Crippen LogP) is 2.67. The second-order valence-corrected chi connectivity index (χ2v) is 3.88. The monoisotopic (exact) mass is 282 g/mol. The summed E-state index contributed by atoms with van der Waals surface area (Å²) in [5.74, 6) is -1.77. The van der Waals surface area contributed by atoms with E-state index in [2.05, 4.69) is 9.84 Å². The molecule has 0 bridgehead atoms. The molecular formula is C14H16F2N2O2. The molecule has 1 heterocycles. The maximum atomic E-state index is 12.9. The minimum atomic E-state index is -0.889. The van der Waals surface area contributed by atoms with Gasteiger partial charge in [-0.3, -0.25) is 9.48 Å². The molecule has 0 spiro atoms. The predicted molar refractivity (Wildman–Crippen MR) is 70.6 cm³/mol. The van der Waals surface area contributed by atoms with Gasteiger partial charge in [0.1, 0.15) is 5.69 Å². The maximum absolute atomic E-state index is 12.9. The Morgan fingerprint density at radius 2 is 2.00 bits per heavy atom. The lowest BCUT2D eigenvalue weighted by Gasteiger charge is -2.02. The van der Waals surface area contributed by atoms with Gasteiger partial charge in [-0.2, -0.15) is 5.10 Å². The lowest BCUT2D eigenvalue weighted by molar-refractivity contribution is 0.111. The van der Waals surface area contributed by atoms with Gasteiger partial charge in [-0.1, -0.05) is 6.07 Å². The quantitative estimate of drug-likeness (QED) is 0.810. The van der Waals surface area contributed by atoms with Crippen molar-refractivity contribution in [3.63, 3.8) is 0 Å². The van der Waals surface area contributed by atoms with E-state index in [-0.39, 0.29) is 0 Å². The van der Waals surface area contributed by atoms with Gasteiger partial charge < -0.3 is 4.74 Å². The summed E-state index contributed by atoms with van der Waals surface area (Å²) in [5, 5.41) is 3.91. The van der Waals surface area contributed by atoms with E-state index in [9.17, 15) is 13.6 Å². The Hall–Kier alpha value is -2.08. The number of methoxy groups -OCH3 is 1. The summed E-state index contributed by atoms with van der Waals surface area (Å²) in [6.45, 7) is 3.07. The van der Waals surface area contributed by atoms with Crippen LogP contribution < -0.4 is 0 Å². The van der Waals surface area contributed by atoms with Gasteiger partial charge >= 0.3 is 0 Å². The fourth-order valence-corrected chi connectivity index (χ4v) is 1.35. The Bertz CT molecular complexity index is 554. The zero-order valence-electron chi connectivity index (χ0n) is 11.3. The van der Waals surface area contributed by atoms with E-state index in [1.54, 1.807) is 19.4 Å². The van der Waals surface area contributed by atoms with Gasteiger partial charge in [0.05, 0.1) is 6.54 Å². The first-order valence-corrected chi connectivity index (χ1v) is 6.02. The molecule has 0 unspecified atom stereocenters. The van der Waals surface area contributed by atoms with Gasteiger partial charge in [0.25, 0.3) is 0 Å². The molecule has 0 aliphatic carbocycles. The Kier molecular flexibility index (Phi) is 6.52. The highest BCUT2D eigenvalue weighted by molar-refractivity contribution is 5.71. The number of rotatable bonds is 4. The SMILES string of the molecule is CCOC.O=Cc1ccn(Cc2ccc(F)c(F)c2)n1.